The van der Waals surface area contributed by atoms with Crippen LogP contribution in [0.15, 0.2) is 12.2 Å². The van der Waals surface area contributed by atoms with Gasteiger partial charge in [0.15, 0.2) is 0 Å². The molecule has 1 heterocycles. The second-order valence-corrected chi connectivity index (χ2v) is 2.69. The fourth-order valence-corrected chi connectivity index (χ4v) is 1.39. The molecule has 0 aromatic rings. The number of hydrogen-bond acceptors (Lipinski definition) is 2. The highest BCUT2D eigenvalue weighted by atomic mass is 16.2. The number of imide groups is 1. The van der Waals surface area contributed by atoms with Crippen molar-refractivity contribution in [3.05, 3.63) is 12.2 Å². The number of carbonyl (C=O) groups excluding carboxylic acids is 2. The third kappa shape index (κ3) is 0.602. The minimum atomic E-state index is -0.144. The SMILES string of the molecule is O=C1NC(=O)C2C=CC1C2. The highest BCUT2D eigenvalue weighted by molar-refractivity contribution is 6.02. The molecule has 52 valence electrons. The van der Waals surface area contributed by atoms with Gasteiger partial charge in [-0.15, -0.1) is 0 Å². The molecule has 1 fully saturated rings. The molecule has 2 rings (SSSR count). The molecule has 2 unspecified atom stereocenters. The molecule has 0 aromatic heterocycles. The Morgan fingerprint density at radius 1 is 1.20 bits per heavy atom. The van der Waals surface area contributed by atoms with E-state index in [0.717, 1.165) is 0 Å². The highest BCUT2D eigenvalue weighted by Crippen LogP contribution is 2.27. The Bertz CT molecular complexity index is 210. The Kier molecular flexibility index (Phi) is 0.952. The molecule has 3 heteroatoms. The van der Waals surface area contributed by atoms with Gasteiger partial charge in [0.1, 0.15) is 0 Å². The smallest absolute Gasteiger partial charge is 0.233 e. The molecular weight excluding hydrogens is 130 g/mol. The van der Waals surface area contributed by atoms with Crippen LogP contribution in [-0.4, -0.2) is 11.8 Å². The lowest BCUT2D eigenvalue weighted by atomic mass is 9.98. The molecule has 0 saturated carbocycles. The molecule has 1 aliphatic carbocycles. The lowest BCUT2D eigenvalue weighted by Crippen LogP contribution is -2.42. The van der Waals surface area contributed by atoms with Crippen molar-refractivity contribution >= 4 is 11.8 Å². The molecule has 2 amide bonds. The molecule has 0 radical (unpaired) electrons. The van der Waals surface area contributed by atoms with E-state index < -0.39 is 0 Å². The summed E-state index contributed by atoms with van der Waals surface area (Å²) in [5.74, 6) is -0.365. The fraction of sp³-hybridized carbons (Fsp3) is 0.429. The van der Waals surface area contributed by atoms with E-state index >= 15 is 0 Å². The molecule has 1 N–H and O–H groups in total. The number of rotatable bonds is 0. The summed E-state index contributed by atoms with van der Waals surface area (Å²) in [6.45, 7) is 0. The summed E-state index contributed by atoms with van der Waals surface area (Å²) in [5.41, 5.74) is 0. The number of amides is 2. The summed E-state index contributed by atoms with van der Waals surface area (Å²) in [4.78, 5) is 21.8. The van der Waals surface area contributed by atoms with Crippen LogP contribution in [0.5, 0.6) is 0 Å². The normalized spacial score (nSPS) is 36.4. The van der Waals surface area contributed by atoms with Gasteiger partial charge < -0.3 is 0 Å². The maximum Gasteiger partial charge on any atom is 0.233 e. The zero-order valence-electron chi connectivity index (χ0n) is 5.33. The minimum absolute atomic E-state index is 0.0392. The average molecular weight is 137 g/mol. The van der Waals surface area contributed by atoms with Crippen LogP contribution >= 0.6 is 0 Å². The first-order valence-electron chi connectivity index (χ1n) is 3.30. The van der Waals surface area contributed by atoms with Gasteiger partial charge in [-0.2, -0.15) is 0 Å². The maximum absolute atomic E-state index is 10.9. The van der Waals surface area contributed by atoms with E-state index in [1.165, 1.54) is 0 Å². The Balaban J connectivity index is 2.32. The van der Waals surface area contributed by atoms with E-state index in [1.807, 2.05) is 12.2 Å². The van der Waals surface area contributed by atoms with Crippen molar-refractivity contribution in [2.45, 2.75) is 6.42 Å². The molecule has 2 aliphatic rings. The van der Waals surface area contributed by atoms with Gasteiger partial charge in [0.2, 0.25) is 11.8 Å². The number of hydrogen-bond donors (Lipinski definition) is 1. The van der Waals surface area contributed by atoms with E-state index in [-0.39, 0.29) is 23.7 Å². The zero-order valence-corrected chi connectivity index (χ0v) is 5.33. The van der Waals surface area contributed by atoms with E-state index in [1.54, 1.807) is 0 Å². The van der Waals surface area contributed by atoms with Crippen LogP contribution in [0.2, 0.25) is 0 Å². The minimum Gasteiger partial charge on any atom is -0.295 e. The Morgan fingerprint density at radius 2 is 1.70 bits per heavy atom. The predicted molar refractivity (Wildman–Crippen MR) is 33.9 cm³/mol. The van der Waals surface area contributed by atoms with Crippen molar-refractivity contribution < 1.29 is 9.59 Å². The molecular formula is C7H7NO2. The van der Waals surface area contributed by atoms with Crippen LogP contribution in [0, 0.1) is 11.8 Å². The standard InChI is InChI=1S/C7H7NO2/c9-6-4-1-2-5(3-4)7(10)8-6/h1-2,4-5H,3H2,(H,8,9,10). The summed E-state index contributed by atoms with van der Waals surface area (Å²) in [7, 11) is 0. The summed E-state index contributed by atoms with van der Waals surface area (Å²) < 4.78 is 0. The second kappa shape index (κ2) is 1.68. The van der Waals surface area contributed by atoms with Gasteiger partial charge in [0, 0.05) is 0 Å². The monoisotopic (exact) mass is 137 g/mol. The van der Waals surface area contributed by atoms with Crippen LogP contribution in [0.3, 0.4) is 0 Å². The van der Waals surface area contributed by atoms with Crippen LogP contribution in [0.4, 0.5) is 0 Å². The molecule has 3 nitrogen and oxygen atoms in total. The topological polar surface area (TPSA) is 46.2 Å². The molecule has 1 saturated heterocycles. The number of carbonyl (C=O) groups is 2. The first kappa shape index (κ1) is 5.65. The first-order chi connectivity index (χ1) is 4.77. The van der Waals surface area contributed by atoms with Gasteiger partial charge in [0.25, 0.3) is 0 Å². The van der Waals surface area contributed by atoms with Gasteiger partial charge in [-0.3, -0.25) is 14.9 Å². The summed E-state index contributed by atoms with van der Waals surface area (Å²) >= 11 is 0. The van der Waals surface area contributed by atoms with Crippen molar-refractivity contribution in [3.63, 3.8) is 0 Å². The van der Waals surface area contributed by atoms with E-state index in [9.17, 15) is 9.59 Å². The molecule has 0 aromatic carbocycles. The van der Waals surface area contributed by atoms with E-state index in [0.29, 0.717) is 6.42 Å². The molecule has 2 bridgehead atoms. The van der Waals surface area contributed by atoms with Crippen LogP contribution in [0.1, 0.15) is 6.42 Å². The zero-order chi connectivity index (χ0) is 7.14. The molecule has 1 aliphatic heterocycles. The van der Waals surface area contributed by atoms with E-state index in [2.05, 4.69) is 5.32 Å². The molecule has 2 atom stereocenters. The molecule has 0 spiro atoms. The van der Waals surface area contributed by atoms with Crippen LogP contribution in [0.25, 0.3) is 0 Å². The van der Waals surface area contributed by atoms with Gasteiger partial charge in [-0.05, 0) is 6.42 Å². The van der Waals surface area contributed by atoms with Gasteiger partial charge in [0.05, 0.1) is 11.8 Å². The van der Waals surface area contributed by atoms with Crippen LogP contribution in [-0.2, 0) is 9.59 Å². The van der Waals surface area contributed by atoms with Crippen molar-refractivity contribution in [1.29, 1.82) is 0 Å². The largest absolute Gasteiger partial charge is 0.295 e. The number of nitrogens with one attached hydrogen (secondary N) is 1. The Morgan fingerprint density at radius 3 is 2.20 bits per heavy atom. The summed E-state index contributed by atoms with van der Waals surface area (Å²) in [5, 5.41) is 2.30. The van der Waals surface area contributed by atoms with E-state index in [4.69, 9.17) is 0 Å². The summed E-state index contributed by atoms with van der Waals surface area (Å²) in [6.07, 6.45) is 4.31. The van der Waals surface area contributed by atoms with Gasteiger partial charge in [-0.25, -0.2) is 0 Å². The molecule has 10 heavy (non-hydrogen) atoms. The van der Waals surface area contributed by atoms with Crippen molar-refractivity contribution in [2.24, 2.45) is 11.8 Å². The van der Waals surface area contributed by atoms with Crippen molar-refractivity contribution in [3.8, 4) is 0 Å². The highest BCUT2D eigenvalue weighted by Gasteiger charge is 2.35. The second-order valence-electron chi connectivity index (χ2n) is 2.69. The van der Waals surface area contributed by atoms with Gasteiger partial charge in [-0.1, -0.05) is 12.2 Å². The summed E-state index contributed by atoms with van der Waals surface area (Å²) in [6, 6.07) is 0. The third-order valence-corrected chi connectivity index (χ3v) is 2.00. The number of fused-ring (bicyclic) bond motifs is 2. The Hall–Kier alpha value is -1.12. The lowest BCUT2D eigenvalue weighted by Gasteiger charge is -2.17. The van der Waals surface area contributed by atoms with Crippen molar-refractivity contribution in [2.75, 3.05) is 0 Å². The van der Waals surface area contributed by atoms with Crippen molar-refractivity contribution in [1.82, 2.24) is 5.32 Å². The Labute approximate surface area is 58.1 Å². The number of piperidine rings is 1. The predicted octanol–water partition coefficient (Wildman–Crippen LogP) is -0.165. The lowest BCUT2D eigenvalue weighted by molar-refractivity contribution is -0.136. The first-order valence-corrected chi connectivity index (χ1v) is 3.30. The fourth-order valence-electron chi connectivity index (χ4n) is 1.39. The third-order valence-electron chi connectivity index (χ3n) is 2.00. The quantitative estimate of drug-likeness (QED) is 0.372. The average Bonchev–Trinajstić information content (AvgIpc) is 2.28. The maximum atomic E-state index is 10.9. The van der Waals surface area contributed by atoms with Crippen LogP contribution < -0.4 is 5.32 Å². The van der Waals surface area contributed by atoms with Gasteiger partial charge >= 0.3 is 0 Å².